The van der Waals surface area contributed by atoms with E-state index >= 15 is 0 Å². The number of H-pyrrole nitrogens is 2. The first-order valence-electron chi connectivity index (χ1n) is 26.9. The van der Waals surface area contributed by atoms with E-state index in [1.54, 1.807) is 48.4 Å². The molecular formula is C56H99BCl2F2N18NaO16. The fourth-order valence-electron chi connectivity index (χ4n) is 5.61. The number of aromatic amines is 2. The number of amides is 2. The number of carbonyl (C=O) groups excluding carboxylic acids is 7. The van der Waals surface area contributed by atoms with Crippen LogP contribution in [0.15, 0.2) is 55.4 Å². The number of ether oxygens (including phenoxy) is 4. The Morgan fingerprint density at radius 2 is 1.41 bits per heavy atom. The third-order valence-electron chi connectivity index (χ3n) is 10.2. The van der Waals surface area contributed by atoms with Crippen molar-refractivity contribution < 1.29 is 121 Å². The standard InChI is InChI=1S/C9H13N3O3.C8H7Cl2N3.C8H11N3O2.C6H8N2O.C5H9N3.C5H7NO.C5H8O4.C4H7N.C3H6O2.CH4O.CH3O.CH4.B.2FH.H2N2.Na.H2O.3H2/c1-3-6-5-10-12-9(6)11-7(13)4-8(14)15-2;1-2-5-4-11-13-7(10)3-6(9)12-8(5)13;1-2-5-4-9-11-7(13)3-6(12)10-8(5)11;7-4-6-2-1-3-8(9)5-6;1-2-4-3-7-8-5(4)6;1-2-5(3-6)4-7;1-8-4(6)3-5(7)9-2;1-2-3-4-5;1-2-5-3-4;2*1-2;;;;;1-2;;;;;/h5H,3-4H2,1-2H3,(H2,10,11,12,13);3-4H,2H2,1H3;4,7,13H,2-3H2,1H3,(H,10,12);1-3,5H,4,7H2;3H,2H2,1H3,(H3,6,7,8);4-5H,2H2,1H3;3H2,1-2H3;2-3H2,1H3;3H,2H2,1H3;2H,1H3;1H3;1H4;;2*1H;1-2H;;1H2;3*1H/q;;;;;;;;;;-1;;;;;;+1;;;;/i;;;;;;;;;;;;;;;;;;2*1+1;. The molecule has 0 saturated carbocycles. The number of nitrogens with one attached hydrogen (secondary N) is 6. The number of nitrogen functional groups attached to an aromatic ring is 1. The van der Waals surface area contributed by atoms with Crippen LogP contribution in [0.2, 0.25) is 10.3 Å². The molecule has 40 heteroatoms. The number of aromatic nitrogens is 10. The molecule has 2 amide bonds. The van der Waals surface area contributed by atoms with Crippen molar-refractivity contribution in [3.05, 3.63) is 98.7 Å². The molecule has 96 heavy (non-hydrogen) atoms. The first kappa shape index (κ1) is 112. The number of pyridine rings is 1. The summed E-state index contributed by atoms with van der Waals surface area (Å²) in [4.78, 5) is 76.8. The Morgan fingerprint density at radius 1 is 0.896 bits per heavy atom. The number of nitriles is 2. The number of halogens is 4. The van der Waals surface area contributed by atoms with Crippen LogP contribution < -0.4 is 61.5 Å². The molecule has 14 N–H and O–H groups in total. The van der Waals surface area contributed by atoms with Crippen LogP contribution in [-0.2, 0) is 84.7 Å². The molecule has 7 rings (SSSR count). The van der Waals surface area contributed by atoms with Crippen LogP contribution in [0.3, 0.4) is 0 Å². The molecule has 0 saturated heterocycles. The molecule has 2 unspecified atom stereocenters. The van der Waals surface area contributed by atoms with Crippen molar-refractivity contribution in [3.63, 3.8) is 0 Å². The van der Waals surface area contributed by atoms with Gasteiger partial charge in [0.05, 0.1) is 71.3 Å². The number of nitrogens with zero attached hydrogens (tertiary/aromatic N) is 10. The molecular weight excluding hydrogens is 1320 g/mol. The van der Waals surface area contributed by atoms with E-state index in [0.717, 1.165) is 84.5 Å². The second kappa shape index (κ2) is 73.8. The van der Waals surface area contributed by atoms with Gasteiger partial charge in [-0.15, -0.1) is 0 Å². The minimum atomic E-state index is -0.816. The monoisotopic (exact) mass is 1420 g/mol. The number of aliphatic hydroxyl groups is 2. The number of esters is 3. The minimum Gasteiger partial charge on any atom is -0.857 e. The van der Waals surface area contributed by atoms with Crippen LogP contribution in [0.5, 0.6) is 0 Å². The van der Waals surface area contributed by atoms with Crippen molar-refractivity contribution in [3.8, 4) is 12.1 Å². The summed E-state index contributed by atoms with van der Waals surface area (Å²) in [6.45, 7) is 14.9. The van der Waals surface area contributed by atoms with Gasteiger partial charge in [0.25, 0.3) is 6.47 Å². The Hall–Kier alpha value is -8.63. The van der Waals surface area contributed by atoms with Gasteiger partial charge in [0, 0.05) is 72.7 Å². The van der Waals surface area contributed by atoms with Gasteiger partial charge in [-0.05, 0) is 51.5 Å². The number of aryl methyl sites for hydroxylation is 4. The number of fused-ring (bicyclic) bond motifs is 2. The van der Waals surface area contributed by atoms with Gasteiger partial charge >= 0.3 is 47.5 Å². The summed E-state index contributed by atoms with van der Waals surface area (Å²) >= 11 is 11.7. The fourth-order valence-corrected chi connectivity index (χ4v) is 6.07. The van der Waals surface area contributed by atoms with E-state index in [9.17, 15) is 43.9 Å². The number of unbranched alkanes of at least 4 members (excludes halogenated alkanes) is 1. The molecule has 1 aliphatic rings. The second-order valence-electron chi connectivity index (χ2n) is 16.1. The Kier molecular flexibility index (Phi) is 85.9. The number of hydrogen-bond donors (Lipinski definition) is 10. The number of rotatable bonds is 15. The molecule has 0 aliphatic carbocycles. The van der Waals surface area contributed by atoms with E-state index in [0.29, 0.717) is 66.5 Å². The fraction of sp³-hybridized carbons (Fsp3) is 0.482. The van der Waals surface area contributed by atoms with Crippen LogP contribution in [0.25, 0.3) is 5.65 Å². The maximum atomic E-state index is 11.3. The predicted molar refractivity (Wildman–Crippen MR) is 357 cm³/mol. The molecule has 3 radical (unpaired) electrons. The third-order valence-corrected chi connectivity index (χ3v) is 10.7. The van der Waals surface area contributed by atoms with Crippen molar-refractivity contribution in [2.75, 3.05) is 58.5 Å². The quantitative estimate of drug-likeness (QED) is 0.00811. The maximum Gasteiger partial charge on any atom is 1.00 e. The second-order valence-corrected chi connectivity index (χ2v) is 16.9. The summed E-state index contributed by atoms with van der Waals surface area (Å²) in [6, 6.07) is 8.91. The molecule has 0 aromatic carbocycles. The van der Waals surface area contributed by atoms with E-state index in [1.165, 1.54) is 38.4 Å². The molecule has 1 aliphatic heterocycles. The van der Waals surface area contributed by atoms with Crippen molar-refractivity contribution in [2.45, 2.75) is 133 Å². The van der Waals surface area contributed by atoms with Crippen molar-refractivity contribution >= 4 is 97.2 Å². The van der Waals surface area contributed by atoms with Gasteiger partial charge in [-0.3, -0.25) is 48.4 Å². The molecule has 34 nitrogen and oxygen atoms in total. The normalized spacial score (nSPS) is 10.0. The van der Waals surface area contributed by atoms with Crippen molar-refractivity contribution in [1.29, 1.82) is 21.6 Å². The summed E-state index contributed by atoms with van der Waals surface area (Å²) in [5.41, 5.74) is 26.3. The van der Waals surface area contributed by atoms with Gasteiger partial charge in [-0.1, -0.05) is 72.2 Å². The molecule has 0 bridgehead atoms. The Balaban J connectivity index is -0.0000000682. The summed E-state index contributed by atoms with van der Waals surface area (Å²) < 4.78 is 20.6. The number of carbonyl (C=O) groups is 7. The van der Waals surface area contributed by atoms with E-state index in [4.69, 9.17) is 66.5 Å². The van der Waals surface area contributed by atoms with Crippen LogP contribution in [0, 0.1) is 44.8 Å². The zero-order valence-electron chi connectivity index (χ0n) is 55.5. The molecule has 6 aromatic heterocycles. The van der Waals surface area contributed by atoms with Gasteiger partial charge in [-0.2, -0.15) is 42.8 Å². The van der Waals surface area contributed by atoms with Crippen LogP contribution in [-0.4, -0.2) is 154 Å². The smallest absolute Gasteiger partial charge is 0.857 e. The van der Waals surface area contributed by atoms with Gasteiger partial charge in [0.2, 0.25) is 11.8 Å². The number of aldehydes is 1. The van der Waals surface area contributed by atoms with Gasteiger partial charge < -0.3 is 71.8 Å². The number of methoxy groups -OCH3 is 3. The van der Waals surface area contributed by atoms with Gasteiger partial charge in [0.1, 0.15) is 52.8 Å². The summed E-state index contributed by atoms with van der Waals surface area (Å²) in [5, 5.41) is 78.1. The predicted octanol–water partition coefficient (Wildman–Crippen LogP) is 2.29. The number of nitrogens with two attached hydrogens (primary N) is 2. The van der Waals surface area contributed by atoms with E-state index < -0.39 is 30.0 Å². The average molecular weight is 1430 g/mol. The summed E-state index contributed by atoms with van der Waals surface area (Å²) in [7, 11) is 5.42. The first-order chi connectivity index (χ1) is 43.2. The topological polar surface area (TPSA) is 555 Å². The number of aliphatic hydroxyl groups excluding tert-OH is 2. The van der Waals surface area contributed by atoms with Crippen molar-refractivity contribution in [2.24, 2.45) is 11.7 Å². The molecule has 6 aromatic rings. The Morgan fingerprint density at radius 3 is 1.77 bits per heavy atom. The zero-order chi connectivity index (χ0) is 70.0. The summed E-state index contributed by atoms with van der Waals surface area (Å²) in [6.07, 6.45) is 14.7. The Bertz CT molecular complexity index is 3040. The zero-order valence-corrected chi connectivity index (χ0v) is 59.0. The van der Waals surface area contributed by atoms with E-state index in [2.05, 4.69) is 65.2 Å². The Labute approximate surface area is 595 Å². The van der Waals surface area contributed by atoms with Gasteiger partial charge in [0.15, 0.2) is 24.3 Å². The summed E-state index contributed by atoms with van der Waals surface area (Å²) in [5.74, 6) is -0.838. The minimum absolute atomic E-state index is 0. The number of hydrogen-bond acceptors (Lipinski definition) is 26. The first-order valence-corrected chi connectivity index (χ1v) is 27.7. The van der Waals surface area contributed by atoms with E-state index in [1.807, 2.05) is 59.7 Å². The molecule has 541 valence electrons. The molecule has 0 spiro atoms. The van der Waals surface area contributed by atoms with Gasteiger partial charge in [-0.25, -0.2) is 25.2 Å². The third kappa shape index (κ3) is 50.8. The average Bonchev–Trinajstić information content (AvgIpc) is 1.71. The SMILES string of the molecule is C.CCC(C#N)C=O.CCCC#N.CCOC=O.CCc1cn[nH]c1N.CCc1cn[nH]c1NC(=O)CC(=O)OC.CCc1cnn2c(Cl)cc(Cl)nc12.CCc1cnn2c1NC(=O)CC2O.CO.COC(=O)CC(=O)OC.C[O-].F.F.N=N.NCc1ccc[n+]([O-])c1.O.[2HH].[2HH].[B].[HH].[Na+]. The van der Waals surface area contributed by atoms with E-state index in [-0.39, 0.29) is 95.6 Å². The van der Waals surface area contributed by atoms with Crippen LogP contribution in [0.1, 0.15) is 133 Å². The largest absolute Gasteiger partial charge is 1.00 e. The maximum absolute atomic E-state index is 11.3. The molecule has 2 atom stereocenters. The van der Waals surface area contributed by atoms with Crippen molar-refractivity contribution in [1.82, 2.24) is 44.8 Å². The molecule has 0 fully saturated rings. The van der Waals surface area contributed by atoms with Crippen LogP contribution >= 0.6 is 23.2 Å². The molecule has 7 heterocycles. The van der Waals surface area contributed by atoms with Crippen LogP contribution in [0.4, 0.5) is 26.9 Å². The number of anilines is 3.